The summed E-state index contributed by atoms with van der Waals surface area (Å²) in [6, 6.07) is 13.5. The highest BCUT2D eigenvalue weighted by Crippen LogP contribution is 2.31. The van der Waals surface area contributed by atoms with E-state index in [0.717, 1.165) is 20.2 Å². The van der Waals surface area contributed by atoms with E-state index >= 15 is 0 Å². The van der Waals surface area contributed by atoms with E-state index in [4.69, 9.17) is 11.6 Å². The van der Waals surface area contributed by atoms with Gasteiger partial charge in [0.15, 0.2) is 0 Å². The number of aliphatic hydroxyl groups is 1. The van der Waals surface area contributed by atoms with Crippen molar-refractivity contribution in [1.82, 2.24) is 0 Å². The number of nitrogens with one attached hydrogen (secondary N) is 1. The van der Waals surface area contributed by atoms with E-state index in [2.05, 4.69) is 37.2 Å². The Morgan fingerprint density at radius 1 is 1.20 bits per heavy atom. The molecule has 0 radical (unpaired) electrons. The number of hydrogen-bond donors (Lipinski definition) is 2. The van der Waals surface area contributed by atoms with Crippen LogP contribution >= 0.6 is 43.5 Å². The Kier molecular flexibility index (Phi) is 5.13. The van der Waals surface area contributed by atoms with E-state index in [-0.39, 0.29) is 6.61 Å². The normalized spacial score (nSPS) is 13.8. The molecule has 0 fully saturated rings. The number of halogens is 3. The summed E-state index contributed by atoms with van der Waals surface area (Å²) in [6.07, 6.45) is 0. The highest BCUT2D eigenvalue weighted by Gasteiger charge is 2.26. The SMILES string of the molecule is CC(CO)(Nc1ccc(Cl)c(Br)c1)c1cccc(Br)c1. The van der Waals surface area contributed by atoms with Crippen LogP contribution < -0.4 is 5.32 Å². The minimum absolute atomic E-state index is 0.0241. The summed E-state index contributed by atoms with van der Waals surface area (Å²) in [7, 11) is 0. The third-order valence-electron chi connectivity index (χ3n) is 3.12. The standard InChI is InChI=1S/C15H14Br2ClNO/c1-15(9-20,10-3-2-4-11(16)7-10)19-12-5-6-14(18)13(17)8-12/h2-8,19-20H,9H2,1H3. The van der Waals surface area contributed by atoms with Crippen molar-refractivity contribution in [3.8, 4) is 0 Å². The van der Waals surface area contributed by atoms with E-state index in [1.807, 2.05) is 49.4 Å². The largest absolute Gasteiger partial charge is 0.394 e. The van der Waals surface area contributed by atoms with Crippen molar-refractivity contribution >= 4 is 49.1 Å². The first-order valence-corrected chi connectivity index (χ1v) is 8.01. The molecule has 0 spiro atoms. The number of rotatable bonds is 4. The van der Waals surface area contributed by atoms with Crippen LogP contribution in [-0.4, -0.2) is 11.7 Å². The predicted molar refractivity (Wildman–Crippen MR) is 91.4 cm³/mol. The smallest absolute Gasteiger partial charge is 0.0828 e. The summed E-state index contributed by atoms with van der Waals surface area (Å²) in [5.41, 5.74) is 1.31. The highest BCUT2D eigenvalue weighted by atomic mass is 79.9. The van der Waals surface area contributed by atoms with Crippen LogP contribution in [0, 0.1) is 0 Å². The molecule has 0 bridgehead atoms. The van der Waals surface area contributed by atoms with E-state index in [0.29, 0.717) is 5.02 Å². The average molecular weight is 420 g/mol. The van der Waals surface area contributed by atoms with Crippen molar-refractivity contribution in [2.24, 2.45) is 0 Å². The van der Waals surface area contributed by atoms with Crippen LogP contribution in [-0.2, 0) is 5.54 Å². The van der Waals surface area contributed by atoms with Gasteiger partial charge in [-0.2, -0.15) is 0 Å². The minimum Gasteiger partial charge on any atom is -0.394 e. The Hall–Kier alpha value is -0.550. The van der Waals surface area contributed by atoms with E-state index in [1.54, 1.807) is 0 Å². The fraction of sp³-hybridized carbons (Fsp3) is 0.200. The van der Waals surface area contributed by atoms with Gasteiger partial charge in [-0.15, -0.1) is 0 Å². The van der Waals surface area contributed by atoms with Gasteiger partial charge in [-0.05, 0) is 58.7 Å². The molecular formula is C15H14Br2ClNO. The molecule has 2 N–H and O–H groups in total. The molecular weight excluding hydrogens is 405 g/mol. The minimum atomic E-state index is -0.572. The predicted octanol–water partition coefficient (Wildman–Crippen LogP) is 5.18. The van der Waals surface area contributed by atoms with Gasteiger partial charge in [0, 0.05) is 14.6 Å². The van der Waals surface area contributed by atoms with Gasteiger partial charge < -0.3 is 10.4 Å². The molecule has 20 heavy (non-hydrogen) atoms. The molecule has 2 rings (SSSR count). The molecule has 0 saturated carbocycles. The number of benzene rings is 2. The lowest BCUT2D eigenvalue weighted by Crippen LogP contribution is -2.35. The number of anilines is 1. The third kappa shape index (κ3) is 3.55. The first kappa shape index (κ1) is 15.8. The molecule has 2 nitrogen and oxygen atoms in total. The molecule has 0 aliphatic heterocycles. The lowest BCUT2D eigenvalue weighted by Gasteiger charge is -2.31. The number of aliphatic hydroxyl groups excluding tert-OH is 1. The van der Waals surface area contributed by atoms with Crippen molar-refractivity contribution in [2.75, 3.05) is 11.9 Å². The quantitative estimate of drug-likeness (QED) is 0.715. The van der Waals surface area contributed by atoms with Crippen LogP contribution in [0.25, 0.3) is 0 Å². The summed E-state index contributed by atoms with van der Waals surface area (Å²) < 4.78 is 1.80. The van der Waals surface area contributed by atoms with Crippen molar-refractivity contribution < 1.29 is 5.11 Å². The van der Waals surface area contributed by atoms with Crippen LogP contribution in [0.2, 0.25) is 5.02 Å². The van der Waals surface area contributed by atoms with Gasteiger partial charge in [-0.25, -0.2) is 0 Å². The second kappa shape index (κ2) is 6.48. The second-order valence-electron chi connectivity index (χ2n) is 4.75. The number of hydrogen-bond acceptors (Lipinski definition) is 2. The van der Waals surface area contributed by atoms with Gasteiger partial charge in [0.25, 0.3) is 0 Å². The lowest BCUT2D eigenvalue weighted by molar-refractivity contribution is 0.224. The Morgan fingerprint density at radius 3 is 2.55 bits per heavy atom. The van der Waals surface area contributed by atoms with Crippen LogP contribution in [0.5, 0.6) is 0 Å². The fourth-order valence-electron chi connectivity index (χ4n) is 1.93. The summed E-state index contributed by atoms with van der Waals surface area (Å²) in [4.78, 5) is 0. The van der Waals surface area contributed by atoms with E-state index < -0.39 is 5.54 Å². The van der Waals surface area contributed by atoms with Gasteiger partial charge in [0.1, 0.15) is 0 Å². The molecule has 5 heteroatoms. The molecule has 106 valence electrons. The van der Waals surface area contributed by atoms with Crippen molar-refractivity contribution in [1.29, 1.82) is 0 Å². The Balaban J connectivity index is 2.33. The van der Waals surface area contributed by atoms with Crippen LogP contribution in [0.4, 0.5) is 5.69 Å². The van der Waals surface area contributed by atoms with Crippen LogP contribution in [0.1, 0.15) is 12.5 Å². The zero-order valence-electron chi connectivity index (χ0n) is 10.8. The zero-order chi connectivity index (χ0) is 14.8. The third-order valence-corrected chi connectivity index (χ3v) is 4.83. The maximum absolute atomic E-state index is 9.80. The van der Waals surface area contributed by atoms with Gasteiger partial charge in [-0.3, -0.25) is 0 Å². The van der Waals surface area contributed by atoms with Gasteiger partial charge in [0.05, 0.1) is 17.2 Å². The molecule has 0 aromatic heterocycles. The summed E-state index contributed by atoms with van der Waals surface area (Å²) in [5.74, 6) is 0. The first-order valence-electron chi connectivity index (χ1n) is 6.05. The zero-order valence-corrected chi connectivity index (χ0v) is 14.8. The Labute approximate surface area is 140 Å². The molecule has 0 aliphatic carbocycles. The maximum Gasteiger partial charge on any atom is 0.0828 e. The van der Waals surface area contributed by atoms with Gasteiger partial charge in [0.2, 0.25) is 0 Å². The Bertz CT molecular complexity index is 621. The first-order chi connectivity index (χ1) is 9.44. The molecule has 1 unspecified atom stereocenters. The Morgan fingerprint density at radius 2 is 1.95 bits per heavy atom. The summed E-state index contributed by atoms with van der Waals surface area (Å²) in [6.45, 7) is 1.93. The van der Waals surface area contributed by atoms with Crippen molar-refractivity contribution in [3.63, 3.8) is 0 Å². The van der Waals surface area contributed by atoms with E-state index in [1.165, 1.54) is 0 Å². The van der Waals surface area contributed by atoms with Gasteiger partial charge in [-0.1, -0.05) is 39.7 Å². The molecule has 2 aromatic rings. The average Bonchev–Trinajstić information content (AvgIpc) is 2.43. The second-order valence-corrected chi connectivity index (χ2v) is 6.93. The highest BCUT2D eigenvalue weighted by molar-refractivity contribution is 9.10. The molecule has 0 heterocycles. The summed E-state index contributed by atoms with van der Waals surface area (Å²) in [5, 5.41) is 13.8. The van der Waals surface area contributed by atoms with Crippen molar-refractivity contribution in [2.45, 2.75) is 12.5 Å². The van der Waals surface area contributed by atoms with E-state index in [9.17, 15) is 5.11 Å². The molecule has 0 saturated heterocycles. The van der Waals surface area contributed by atoms with Gasteiger partial charge >= 0.3 is 0 Å². The maximum atomic E-state index is 9.80. The molecule has 0 aliphatic rings. The molecule has 1 atom stereocenters. The fourth-order valence-corrected chi connectivity index (χ4v) is 2.82. The monoisotopic (exact) mass is 417 g/mol. The molecule has 0 amide bonds. The van der Waals surface area contributed by atoms with Crippen molar-refractivity contribution in [3.05, 3.63) is 62.0 Å². The molecule has 2 aromatic carbocycles. The van der Waals surface area contributed by atoms with Crippen LogP contribution in [0.15, 0.2) is 51.4 Å². The summed E-state index contributed by atoms with van der Waals surface area (Å²) >= 11 is 12.9. The lowest BCUT2D eigenvalue weighted by atomic mass is 9.92. The topological polar surface area (TPSA) is 32.3 Å². The van der Waals surface area contributed by atoms with Crippen LogP contribution in [0.3, 0.4) is 0 Å².